The highest BCUT2D eigenvalue weighted by Gasteiger charge is 2.34. The van der Waals surface area contributed by atoms with Crippen molar-refractivity contribution in [1.29, 1.82) is 0 Å². The molecule has 0 aliphatic carbocycles. The number of amides is 3. The predicted molar refractivity (Wildman–Crippen MR) is 139 cm³/mol. The van der Waals surface area contributed by atoms with Crippen LogP contribution in [0, 0.1) is 20.8 Å². The number of hydrogen-bond donors (Lipinski definition) is 2. The monoisotopic (exact) mass is 499 g/mol. The summed E-state index contributed by atoms with van der Waals surface area (Å²) in [6.45, 7) is 5.61. The van der Waals surface area contributed by atoms with Crippen LogP contribution in [0.2, 0.25) is 0 Å². The Kier molecular flexibility index (Phi) is 7.88. The quantitative estimate of drug-likeness (QED) is 0.350. The largest absolute Gasteiger partial charge is 0.467 e. The third kappa shape index (κ3) is 5.98. The van der Waals surface area contributed by atoms with Crippen LogP contribution >= 0.6 is 0 Å². The van der Waals surface area contributed by atoms with Crippen molar-refractivity contribution in [2.24, 2.45) is 0 Å². The first-order valence-corrected chi connectivity index (χ1v) is 11.9. The van der Waals surface area contributed by atoms with E-state index in [1.807, 2.05) is 51.1 Å². The third-order valence-corrected chi connectivity index (χ3v) is 5.93. The number of aryl methyl sites for hydroxylation is 3. The van der Waals surface area contributed by atoms with E-state index in [0.717, 1.165) is 16.7 Å². The molecule has 190 valence electrons. The van der Waals surface area contributed by atoms with Gasteiger partial charge in [0.25, 0.3) is 5.91 Å². The van der Waals surface area contributed by atoms with Crippen LogP contribution in [0.4, 0.5) is 5.69 Å². The number of anilines is 1. The van der Waals surface area contributed by atoms with Gasteiger partial charge in [-0.25, -0.2) is 0 Å². The van der Waals surface area contributed by atoms with Crippen molar-refractivity contribution >= 4 is 23.4 Å². The van der Waals surface area contributed by atoms with Gasteiger partial charge in [0.1, 0.15) is 11.8 Å². The second-order valence-corrected chi connectivity index (χ2v) is 8.78. The number of carbonyl (C=O) groups is 3. The summed E-state index contributed by atoms with van der Waals surface area (Å²) >= 11 is 0. The van der Waals surface area contributed by atoms with Gasteiger partial charge in [0.2, 0.25) is 11.8 Å². The molecule has 0 spiro atoms. The summed E-state index contributed by atoms with van der Waals surface area (Å²) in [5, 5.41) is 5.51. The minimum Gasteiger partial charge on any atom is -0.467 e. The molecule has 0 bridgehead atoms. The van der Waals surface area contributed by atoms with Crippen LogP contribution in [-0.4, -0.2) is 24.3 Å². The lowest BCUT2D eigenvalue weighted by Crippen LogP contribution is -2.48. The average molecular weight is 500 g/mol. The first-order valence-electron chi connectivity index (χ1n) is 11.9. The van der Waals surface area contributed by atoms with Crippen LogP contribution in [-0.2, 0) is 16.1 Å². The molecule has 0 saturated carbocycles. The van der Waals surface area contributed by atoms with Crippen molar-refractivity contribution in [1.82, 2.24) is 10.6 Å². The second-order valence-electron chi connectivity index (χ2n) is 8.78. The fraction of sp³-hybridized carbons (Fsp3) is 0.207. The van der Waals surface area contributed by atoms with Crippen LogP contribution in [0.15, 0.2) is 88.1 Å². The Hall–Kier alpha value is -4.59. The van der Waals surface area contributed by atoms with Gasteiger partial charge in [-0.3, -0.25) is 19.3 Å². The van der Waals surface area contributed by atoms with E-state index in [1.54, 1.807) is 30.3 Å². The predicted octanol–water partition coefficient (Wildman–Crippen LogP) is 4.62. The maximum atomic E-state index is 13.8. The first-order chi connectivity index (χ1) is 17.8. The lowest BCUT2D eigenvalue weighted by Gasteiger charge is -2.34. The highest BCUT2D eigenvalue weighted by Crippen LogP contribution is 2.34. The average Bonchev–Trinajstić information content (AvgIpc) is 3.60. The zero-order valence-corrected chi connectivity index (χ0v) is 21.0. The fourth-order valence-corrected chi connectivity index (χ4v) is 4.42. The van der Waals surface area contributed by atoms with Gasteiger partial charge >= 0.3 is 0 Å². The summed E-state index contributed by atoms with van der Waals surface area (Å²) in [5.41, 5.74) is 3.95. The molecule has 2 aromatic carbocycles. The van der Waals surface area contributed by atoms with Gasteiger partial charge in [-0.05, 0) is 61.7 Å². The molecule has 8 nitrogen and oxygen atoms in total. The van der Waals surface area contributed by atoms with Crippen LogP contribution in [0.3, 0.4) is 0 Å². The molecule has 3 amide bonds. The Labute approximate surface area is 215 Å². The van der Waals surface area contributed by atoms with E-state index >= 15 is 0 Å². The van der Waals surface area contributed by atoms with E-state index < -0.39 is 17.9 Å². The number of rotatable bonds is 9. The number of nitrogens with one attached hydrogen (secondary N) is 2. The molecule has 2 N–H and O–H groups in total. The molecule has 0 radical (unpaired) electrons. The highest BCUT2D eigenvalue weighted by molar-refractivity contribution is 6.05. The molecule has 0 aliphatic rings. The molecule has 1 atom stereocenters. The summed E-state index contributed by atoms with van der Waals surface area (Å²) in [4.78, 5) is 41.5. The van der Waals surface area contributed by atoms with Crippen molar-refractivity contribution in [2.75, 3.05) is 11.4 Å². The van der Waals surface area contributed by atoms with Crippen LogP contribution in [0.1, 0.15) is 44.6 Å². The topological polar surface area (TPSA) is 105 Å². The van der Waals surface area contributed by atoms with Crippen LogP contribution in [0.5, 0.6) is 0 Å². The van der Waals surface area contributed by atoms with Gasteiger partial charge in [-0.2, -0.15) is 0 Å². The normalized spacial score (nSPS) is 11.5. The van der Waals surface area contributed by atoms with Gasteiger partial charge < -0.3 is 19.5 Å². The minimum atomic E-state index is -0.996. The van der Waals surface area contributed by atoms with E-state index in [-0.39, 0.29) is 24.8 Å². The Bertz CT molecular complexity index is 1340. The lowest BCUT2D eigenvalue weighted by molar-refractivity contribution is -0.126. The maximum Gasteiger partial charge on any atom is 0.287 e. The second kappa shape index (κ2) is 11.4. The van der Waals surface area contributed by atoms with Crippen LogP contribution in [0.25, 0.3) is 0 Å². The van der Waals surface area contributed by atoms with Crippen molar-refractivity contribution in [3.8, 4) is 0 Å². The Morgan fingerprint density at radius 1 is 0.838 bits per heavy atom. The van der Waals surface area contributed by atoms with E-state index in [0.29, 0.717) is 17.0 Å². The molecule has 37 heavy (non-hydrogen) atoms. The molecule has 4 aromatic rings. The lowest BCUT2D eigenvalue weighted by atomic mass is 9.98. The van der Waals surface area contributed by atoms with Gasteiger partial charge in [0.15, 0.2) is 5.76 Å². The summed E-state index contributed by atoms with van der Waals surface area (Å²) in [6, 6.07) is 18.6. The molecule has 4 rings (SSSR count). The molecule has 0 aliphatic heterocycles. The number of furan rings is 2. The summed E-state index contributed by atoms with van der Waals surface area (Å²) in [7, 11) is 0. The standard InChI is InChI=1S/C29H29N3O5/c1-19-15-20(2)26(21(3)16-19)32(25(33)18-31-28(34)24-12-8-14-37-24)27(22-9-5-4-6-10-22)29(35)30-17-23-11-7-13-36-23/h4-16,27H,17-18H2,1-3H3,(H,30,35)(H,31,34). The van der Waals surface area contributed by atoms with E-state index in [9.17, 15) is 14.4 Å². The molecular weight excluding hydrogens is 470 g/mol. The van der Waals surface area contributed by atoms with Crippen molar-refractivity contribution in [2.45, 2.75) is 33.4 Å². The zero-order chi connectivity index (χ0) is 26.4. The van der Waals surface area contributed by atoms with E-state index in [4.69, 9.17) is 8.83 Å². The van der Waals surface area contributed by atoms with Gasteiger partial charge in [0, 0.05) is 0 Å². The number of nitrogens with zero attached hydrogens (tertiary/aromatic N) is 1. The number of benzene rings is 2. The molecular formula is C29H29N3O5. The molecule has 0 saturated heterocycles. The number of carbonyl (C=O) groups excluding carboxylic acids is 3. The summed E-state index contributed by atoms with van der Waals surface area (Å²) in [6.07, 6.45) is 2.92. The number of hydrogen-bond acceptors (Lipinski definition) is 5. The first kappa shape index (κ1) is 25.5. The molecule has 1 unspecified atom stereocenters. The zero-order valence-electron chi connectivity index (χ0n) is 21.0. The molecule has 8 heteroatoms. The van der Waals surface area contributed by atoms with Gasteiger partial charge in [-0.15, -0.1) is 0 Å². The highest BCUT2D eigenvalue weighted by atomic mass is 16.3. The Morgan fingerprint density at radius 2 is 1.51 bits per heavy atom. The molecule has 2 heterocycles. The third-order valence-electron chi connectivity index (χ3n) is 5.93. The van der Waals surface area contributed by atoms with E-state index in [2.05, 4.69) is 10.6 Å². The molecule has 2 aromatic heterocycles. The van der Waals surface area contributed by atoms with Crippen molar-refractivity contribution in [3.63, 3.8) is 0 Å². The smallest absolute Gasteiger partial charge is 0.287 e. The van der Waals surface area contributed by atoms with Gasteiger partial charge in [0.05, 0.1) is 31.3 Å². The van der Waals surface area contributed by atoms with Crippen LogP contribution < -0.4 is 15.5 Å². The maximum absolute atomic E-state index is 13.8. The Balaban J connectivity index is 1.73. The summed E-state index contributed by atoms with van der Waals surface area (Å²) < 4.78 is 10.5. The van der Waals surface area contributed by atoms with E-state index in [1.165, 1.54) is 23.5 Å². The van der Waals surface area contributed by atoms with Gasteiger partial charge in [-0.1, -0.05) is 48.0 Å². The summed E-state index contributed by atoms with van der Waals surface area (Å²) in [5.74, 6) is -0.664. The van der Waals surface area contributed by atoms with Crippen molar-refractivity contribution in [3.05, 3.63) is 113 Å². The van der Waals surface area contributed by atoms with Crippen molar-refractivity contribution < 1.29 is 23.2 Å². The molecule has 0 fully saturated rings. The SMILES string of the molecule is Cc1cc(C)c(N(C(=O)CNC(=O)c2ccco2)C(C(=O)NCc2ccco2)c2ccccc2)c(C)c1. The Morgan fingerprint density at radius 3 is 2.14 bits per heavy atom. The minimum absolute atomic E-state index is 0.0952. The fourth-order valence-electron chi connectivity index (χ4n) is 4.42.